The van der Waals surface area contributed by atoms with E-state index in [-0.39, 0.29) is 11.8 Å². The van der Waals surface area contributed by atoms with Crippen molar-refractivity contribution in [3.05, 3.63) is 69.3 Å². The molecule has 0 unspecified atom stereocenters. The molecule has 8 heteroatoms. The summed E-state index contributed by atoms with van der Waals surface area (Å²) in [5.41, 5.74) is 3.99. The normalized spacial score (nSPS) is 16.2. The highest BCUT2D eigenvalue weighted by molar-refractivity contribution is 6.42. The quantitative estimate of drug-likeness (QED) is 0.496. The first-order chi connectivity index (χ1) is 13.5. The molecule has 0 aliphatic carbocycles. The van der Waals surface area contributed by atoms with E-state index in [2.05, 4.69) is 15.4 Å². The largest absolute Gasteiger partial charge is 0.422 e. The third-order valence-electron chi connectivity index (χ3n) is 4.91. The van der Waals surface area contributed by atoms with Gasteiger partial charge in [0.15, 0.2) is 5.58 Å². The maximum absolute atomic E-state index is 12.5. The van der Waals surface area contributed by atoms with Crippen LogP contribution in [0.5, 0.6) is 0 Å². The lowest BCUT2D eigenvalue weighted by atomic mass is 9.86. The average molecular weight is 413 g/mol. The average Bonchev–Trinajstić information content (AvgIpc) is 3.24. The van der Waals surface area contributed by atoms with Gasteiger partial charge in [0.25, 0.3) is 0 Å². The van der Waals surface area contributed by atoms with Crippen molar-refractivity contribution < 1.29 is 9.21 Å². The lowest BCUT2D eigenvalue weighted by molar-refractivity contribution is -0.116. The summed E-state index contributed by atoms with van der Waals surface area (Å²) in [6.07, 6.45) is 0.297. The Morgan fingerprint density at radius 2 is 2.00 bits per heavy atom. The first kappa shape index (κ1) is 17.3. The second-order valence-electron chi connectivity index (χ2n) is 6.70. The van der Waals surface area contributed by atoms with Gasteiger partial charge in [0.1, 0.15) is 11.3 Å². The molecule has 3 heterocycles. The predicted molar refractivity (Wildman–Crippen MR) is 107 cm³/mol. The summed E-state index contributed by atoms with van der Waals surface area (Å²) in [7, 11) is 0. The maximum atomic E-state index is 12.5. The van der Waals surface area contributed by atoms with Crippen molar-refractivity contribution in [2.45, 2.75) is 19.3 Å². The molecule has 4 aromatic rings. The van der Waals surface area contributed by atoms with Crippen molar-refractivity contribution >= 4 is 46.0 Å². The fourth-order valence-electron chi connectivity index (χ4n) is 3.65. The van der Waals surface area contributed by atoms with Crippen molar-refractivity contribution in [3.63, 3.8) is 0 Å². The van der Waals surface area contributed by atoms with Crippen LogP contribution in [-0.2, 0) is 4.79 Å². The molecule has 0 saturated carbocycles. The van der Waals surface area contributed by atoms with Crippen molar-refractivity contribution in [2.75, 3.05) is 5.32 Å². The summed E-state index contributed by atoms with van der Waals surface area (Å²) in [5.74, 6) is 0.272. The van der Waals surface area contributed by atoms with Gasteiger partial charge in [0, 0.05) is 17.9 Å². The van der Waals surface area contributed by atoms with Crippen LogP contribution in [0.1, 0.15) is 29.2 Å². The summed E-state index contributed by atoms with van der Waals surface area (Å²) in [6.45, 7) is 1.90. The van der Waals surface area contributed by atoms with Crippen LogP contribution < -0.4 is 5.32 Å². The molecule has 1 aliphatic rings. The molecule has 0 radical (unpaired) electrons. The number of carbonyl (C=O) groups is 1. The van der Waals surface area contributed by atoms with Gasteiger partial charge in [-0.25, -0.2) is 0 Å². The molecule has 1 amide bonds. The van der Waals surface area contributed by atoms with Crippen molar-refractivity contribution in [1.29, 1.82) is 0 Å². The van der Waals surface area contributed by atoms with E-state index in [0.29, 0.717) is 33.9 Å². The third-order valence-corrected chi connectivity index (χ3v) is 5.65. The fourth-order valence-corrected chi connectivity index (χ4v) is 3.96. The molecule has 2 aromatic heterocycles. The Morgan fingerprint density at radius 3 is 2.79 bits per heavy atom. The van der Waals surface area contributed by atoms with Gasteiger partial charge < -0.3 is 9.73 Å². The fraction of sp³-hybridized carbons (Fsp3) is 0.150. The Balaban J connectivity index is 1.68. The summed E-state index contributed by atoms with van der Waals surface area (Å²) in [4.78, 5) is 17.0. The second kappa shape index (κ2) is 6.36. The van der Waals surface area contributed by atoms with Crippen LogP contribution in [0.4, 0.5) is 5.82 Å². The minimum absolute atomic E-state index is 0.110. The van der Waals surface area contributed by atoms with Gasteiger partial charge in [-0.2, -0.15) is 14.8 Å². The number of carbonyl (C=O) groups excluding carboxylic acids is 1. The maximum Gasteiger partial charge on any atom is 0.325 e. The topological polar surface area (TPSA) is 73.0 Å². The Hall–Kier alpha value is -2.83. The minimum atomic E-state index is -0.184. The second-order valence-corrected chi connectivity index (χ2v) is 7.52. The lowest BCUT2D eigenvalue weighted by Crippen LogP contribution is -2.25. The van der Waals surface area contributed by atoms with E-state index in [1.54, 1.807) is 16.8 Å². The third kappa shape index (κ3) is 2.68. The highest BCUT2D eigenvalue weighted by Crippen LogP contribution is 2.41. The van der Waals surface area contributed by atoms with Crippen LogP contribution in [0.25, 0.3) is 17.1 Å². The van der Waals surface area contributed by atoms with Gasteiger partial charge in [-0.1, -0.05) is 41.4 Å². The van der Waals surface area contributed by atoms with E-state index in [9.17, 15) is 4.79 Å². The van der Waals surface area contributed by atoms with Gasteiger partial charge in [-0.3, -0.25) is 4.79 Å². The number of anilines is 1. The molecule has 0 bridgehead atoms. The van der Waals surface area contributed by atoms with E-state index in [1.807, 2.05) is 37.3 Å². The van der Waals surface area contributed by atoms with Gasteiger partial charge in [-0.15, -0.1) is 0 Å². The van der Waals surface area contributed by atoms with Gasteiger partial charge in [0.2, 0.25) is 5.91 Å². The van der Waals surface area contributed by atoms with E-state index < -0.39 is 0 Å². The molecule has 0 fully saturated rings. The number of benzene rings is 2. The van der Waals surface area contributed by atoms with Crippen LogP contribution in [0.3, 0.4) is 0 Å². The Kier molecular flexibility index (Phi) is 3.92. The molecule has 1 aliphatic heterocycles. The standard InChI is InChI=1S/C20H14Cl2N4O2/c1-10-18-12(11-6-7-13(21)14(22)8-11)9-17(27)24-19(18)26(25-10)20-23-15-4-2-3-5-16(15)28-20/h2-8,12H,9H2,1H3,(H,24,27)/t12-/m1/s1. The summed E-state index contributed by atoms with van der Waals surface area (Å²) >= 11 is 12.3. The number of rotatable bonds is 2. The molecule has 140 valence electrons. The number of fused-ring (bicyclic) bond motifs is 2. The summed E-state index contributed by atoms with van der Waals surface area (Å²) < 4.78 is 7.39. The zero-order chi connectivity index (χ0) is 19.4. The molecule has 6 nitrogen and oxygen atoms in total. The van der Waals surface area contributed by atoms with Crippen LogP contribution in [0, 0.1) is 6.92 Å². The first-order valence-electron chi connectivity index (χ1n) is 8.71. The van der Waals surface area contributed by atoms with Gasteiger partial charge >= 0.3 is 6.01 Å². The van der Waals surface area contributed by atoms with Crippen LogP contribution >= 0.6 is 23.2 Å². The molecule has 1 N–H and O–H groups in total. The monoisotopic (exact) mass is 412 g/mol. The van der Waals surface area contributed by atoms with Gasteiger partial charge in [-0.05, 0) is 36.8 Å². The van der Waals surface area contributed by atoms with Crippen molar-refractivity contribution in [2.24, 2.45) is 0 Å². The number of aromatic nitrogens is 3. The van der Waals surface area contributed by atoms with E-state index in [0.717, 1.165) is 22.3 Å². The molecule has 0 spiro atoms. The number of nitrogens with zero attached hydrogens (tertiary/aromatic N) is 3. The Bertz CT molecular complexity index is 1210. The molecular formula is C20H14Cl2N4O2. The molecule has 0 saturated heterocycles. The van der Waals surface area contributed by atoms with E-state index in [1.165, 1.54) is 0 Å². The van der Waals surface area contributed by atoms with Crippen molar-refractivity contribution in [1.82, 2.24) is 14.8 Å². The first-order valence-corrected chi connectivity index (χ1v) is 9.47. The number of oxazole rings is 1. The zero-order valence-electron chi connectivity index (χ0n) is 14.7. The molecule has 5 rings (SSSR count). The zero-order valence-corrected chi connectivity index (χ0v) is 16.3. The molecule has 2 aromatic carbocycles. The van der Waals surface area contributed by atoms with E-state index in [4.69, 9.17) is 27.6 Å². The van der Waals surface area contributed by atoms with Crippen LogP contribution in [-0.4, -0.2) is 20.7 Å². The highest BCUT2D eigenvalue weighted by atomic mass is 35.5. The highest BCUT2D eigenvalue weighted by Gasteiger charge is 2.33. The Labute approximate surface area is 170 Å². The number of aryl methyl sites for hydroxylation is 1. The molecule has 28 heavy (non-hydrogen) atoms. The van der Waals surface area contributed by atoms with Crippen LogP contribution in [0.15, 0.2) is 46.9 Å². The van der Waals surface area contributed by atoms with Gasteiger partial charge in [0.05, 0.1) is 15.7 Å². The number of hydrogen-bond acceptors (Lipinski definition) is 4. The van der Waals surface area contributed by atoms with Crippen molar-refractivity contribution in [3.8, 4) is 6.01 Å². The Morgan fingerprint density at radius 1 is 1.18 bits per heavy atom. The number of halogens is 2. The van der Waals surface area contributed by atoms with E-state index >= 15 is 0 Å². The lowest BCUT2D eigenvalue weighted by Gasteiger charge is -2.24. The molecule has 1 atom stereocenters. The predicted octanol–water partition coefficient (Wildman–Crippen LogP) is 5.10. The summed E-state index contributed by atoms with van der Waals surface area (Å²) in [5, 5.41) is 8.45. The number of amides is 1. The minimum Gasteiger partial charge on any atom is -0.422 e. The SMILES string of the molecule is Cc1nn(-c2nc3ccccc3o2)c2c1[C@@H](c1ccc(Cl)c(Cl)c1)CC(=O)N2. The molecular weight excluding hydrogens is 399 g/mol. The summed E-state index contributed by atoms with van der Waals surface area (Å²) in [6, 6.07) is 13.2. The number of nitrogens with one attached hydrogen (secondary N) is 1. The number of hydrogen-bond donors (Lipinski definition) is 1. The number of para-hydroxylation sites is 2. The smallest absolute Gasteiger partial charge is 0.325 e. The van der Waals surface area contributed by atoms with Crippen LogP contribution in [0.2, 0.25) is 10.0 Å².